The number of aromatic nitrogens is 2. The third-order valence-corrected chi connectivity index (χ3v) is 5.56. The van der Waals surface area contributed by atoms with E-state index in [0.717, 1.165) is 6.07 Å². The molecule has 1 N–H and O–H groups in total. The van der Waals surface area contributed by atoms with Crippen LogP contribution in [0.25, 0.3) is 0 Å². The molecule has 2 aliphatic heterocycles. The molecule has 0 spiro atoms. The van der Waals surface area contributed by atoms with E-state index in [9.17, 15) is 23.5 Å². The second-order valence-electron chi connectivity index (χ2n) is 7.56. The molecule has 4 heterocycles. The molecule has 0 unspecified atom stereocenters. The topological polar surface area (TPSA) is 87.9 Å². The number of benzene rings is 1. The number of ether oxygens (including phenoxy) is 1. The van der Waals surface area contributed by atoms with Gasteiger partial charge in [0.2, 0.25) is 11.4 Å². The standard InChI is InChI=1S/C23H18F2N4O4/c24-15-6-3-5-14-19(16-7-4-8-18(25)26-16)29-13-27(10-1-2-12-33-22(14)15)23(32)20-21(31)17(30)9-11-28(20)29/h1-9,11,19,31H,10,12-13H2/b2-1-/t19-/m0/s1. The molecule has 3 aromatic rings. The Morgan fingerprint density at radius 1 is 1.06 bits per heavy atom. The molecule has 0 saturated carbocycles. The van der Waals surface area contributed by atoms with E-state index >= 15 is 0 Å². The van der Waals surface area contributed by atoms with Gasteiger partial charge < -0.3 is 14.7 Å². The minimum Gasteiger partial charge on any atom is -0.502 e. The van der Waals surface area contributed by atoms with Crippen molar-refractivity contribution in [2.24, 2.45) is 0 Å². The summed E-state index contributed by atoms with van der Waals surface area (Å²) in [5, 5.41) is 12.1. The van der Waals surface area contributed by atoms with E-state index in [4.69, 9.17) is 4.74 Å². The number of hydrogen-bond acceptors (Lipinski definition) is 6. The predicted molar refractivity (Wildman–Crippen MR) is 114 cm³/mol. The maximum atomic E-state index is 14.9. The maximum Gasteiger partial charge on any atom is 0.278 e. The highest BCUT2D eigenvalue weighted by molar-refractivity contribution is 5.96. The van der Waals surface area contributed by atoms with Crippen molar-refractivity contribution in [1.82, 2.24) is 14.6 Å². The highest BCUT2D eigenvalue weighted by Gasteiger charge is 2.38. The van der Waals surface area contributed by atoms with Gasteiger partial charge in [0.15, 0.2) is 23.0 Å². The fourth-order valence-corrected chi connectivity index (χ4v) is 4.08. The lowest BCUT2D eigenvalue weighted by Crippen LogP contribution is -2.55. The number of amides is 1. The van der Waals surface area contributed by atoms with Gasteiger partial charge in [0.25, 0.3) is 5.91 Å². The molecule has 5 rings (SSSR count). The second-order valence-corrected chi connectivity index (χ2v) is 7.56. The summed E-state index contributed by atoms with van der Waals surface area (Å²) in [6, 6.07) is 8.79. The molecule has 1 atom stereocenters. The first-order valence-electron chi connectivity index (χ1n) is 10.1. The van der Waals surface area contributed by atoms with Crippen molar-refractivity contribution in [2.45, 2.75) is 6.04 Å². The smallest absolute Gasteiger partial charge is 0.278 e. The number of fused-ring (bicyclic) bond motifs is 5. The van der Waals surface area contributed by atoms with Gasteiger partial charge in [-0.25, -0.2) is 9.37 Å². The van der Waals surface area contributed by atoms with Gasteiger partial charge in [-0.05, 0) is 24.3 Å². The highest BCUT2D eigenvalue weighted by Crippen LogP contribution is 2.37. The summed E-state index contributed by atoms with van der Waals surface area (Å²) in [5.41, 5.74) is -0.411. The van der Waals surface area contributed by atoms with Crippen molar-refractivity contribution < 1.29 is 23.4 Å². The maximum absolute atomic E-state index is 14.9. The SMILES string of the molecule is O=C1c2c(O)c(=O)ccn2N2CN1C/C=C\COc1c(F)cccc1[C@H]2c1cccc(F)n1. The Labute approximate surface area is 186 Å². The summed E-state index contributed by atoms with van der Waals surface area (Å²) in [4.78, 5) is 30.7. The summed E-state index contributed by atoms with van der Waals surface area (Å²) in [7, 11) is 0. The van der Waals surface area contributed by atoms with Crippen LogP contribution in [0.2, 0.25) is 0 Å². The summed E-state index contributed by atoms with van der Waals surface area (Å²) < 4.78 is 36.1. The van der Waals surface area contributed by atoms with Crippen LogP contribution in [0.4, 0.5) is 8.78 Å². The van der Waals surface area contributed by atoms with Crippen molar-refractivity contribution in [3.8, 4) is 11.5 Å². The van der Waals surface area contributed by atoms with Crippen LogP contribution >= 0.6 is 0 Å². The van der Waals surface area contributed by atoms with Crippen molar-refractivity contribution in [1.29, 1.82) is 0 Å². The van der Waals surface area contributed by atoms with E-state index in [2.05, 4.69) is 4.98 Å². The molecule has 0 aliphatic carbocycles. The number of halogens is 2. The Balaban J connectivity index is 1.83. The van der Waals surface area contributed by atoms with Gasteiger partial charge in [0.1, 0.15) is 19.3 Å². The number of carbonyl (C=O) groups is 1. The van der Waals surface area contributed by atoms with E-state index in [0.29, 0.717) is 5.56 Å². The molecule has 1 aromatic carbocycles. The van der Waals surface area contributed by atoms with E-state index < -0.39 is 34.9 Å². The molecule has 0 saturated heterocycles. The molecular formula is C23H18F2N4O4. The van der Waals surface area contributed by atoms with Crippen LogP contribution in [0.15, 0.2) is 65.6 Å². The van der Waals surface area contributed by atoms with Crippen LogP contribution < -0.4 is 15.2 Å². The Morgan fingerprint density at radius 3 is 2.70 bits per heavy atom. The summed E-state index contributed by atoms with van der Waals surface area (Å²) >= 11 is 0. The quantitative estimate of drug-likeness (QED) is 0.451. The number of nitrogens with zero attached hydrogens (tertiary/aromatic N) is 4. The number of aromatic hydroxyl groups is 1. The van der Waals surface area contributed by atoms with Crippen LogP contribution in [-0.2, 0) is 0 Å². The number of pyridine rings is 2. The van der Waals surface area contributed by atoms with Gasteiger partial charge in [-0.2, -0.15) is 4.39 Å². The molecule has 8 nitrogen and oxygen atoms in total. The third kappa shape index (κ3) is 3.49. The van der Waals surface area contributed by atoms with E-state index in [-0.39, 0.29) is 37.0 Å². The molecule has 168 valence electrons. The Morgan fingerprint density at radius 2 is 1.88 bits per heavy atom. The van der Waals surface area contributed by atoms with Crippen molar-refractivity contribution in [3.05, 3.63) is 99.8 Å². The number of carbonyl (C=O) groups excluding carboxylic acids is 1. The van der Waals surface area contributed by atoms with Crippen LogP contribution in [0, 0.1) is 11.8 Å². The van der Waals surface area contributed by atoms with Crippen molar-refractivity contribution in [3.63, 3.8) is 0 Å². The number of para-hydroxylation sites is 1. The molecule has 1 amide bonds. The predicted octanol–water partition coefficient (Wildman–Crippen LogP) is 2.32. The zero-order valence-corrected chi connectivity index (χ0v) is 17.2. The van der Waals surface area contributed by atoms with Gasteiger partial charge in [-0.15, -0.1) is 0 Å². The Hall–Kier alpha value is -4.21. The van der Waals surface area contributed by atoms with Gasteiger partial charge >= 0.3 is 0 Å². The number of rotatable bonds is 1. The van der Waals surface area contributed by atoms with Crippen LogP contribution in [0.3, 0.4) is 0 Å². The molecule has 33 heavy (non-hydrogen) atoms. The molecular weight excluding hydrogens is 434 g/mol. The second kappa shape index (κ2) is 8.05. The molecule has 2 aromatic heterocycles. The average Bonchev–Trinajstić information content (AvgIpc) is 2.82. The van der Waals surface area contributed by atoms with E-state index in [1.165, 1.54) is 40.0 Å². The fraction of sp³-hybridized carbons (Fsp3) is 0.174. The molecule has 10 heteroatoms. The molecule has 0 fully saturated rings. The Kier molecular flexibility index (Phi) is 5.04. The average molecular weight is 452 g/mol. The minimum absolute atomic E-state index is 0.0166. The molecule has 2 aliphatic rings. The zero-order valence-electron chi connectivity index (χ0n) is 17.2. The fourth-order valence-electron chi connectivity index (χ4n) is 4.08. The normalized spacial score (nSPS) is 18.6. The van der Waals surface area contributed by atoms with Crippen LogP contribution in [-0.4, -0.2) is 45.4 Å². The lowest BCUT2D eigenvalue weighted by atomic mass is 10.0. The molecule has 0 radical (unpaired) electrons. The molecule has 2 bridgehead atoms. The van der Waals surface area contributed by atoms with Gasteiger partial charge in [-0.3, -0.25) is 19.3 Å². The number of hydrogen-bond donors (Lipinski definition) is 1. The lowest BCUT2D eigenvalue weighted by Gasteiger charge is -2.43. The highest BCUT2D eigenvalue weighted by atomic mass is 19.1. The monoisotopic (exact) mass is 452 g/mol. The summed E-state index contributed by atoms with van der Waals surface area (Å²) in [6.45, 7) is 0.163. The zero-order chi connectivity index (χ0) is 23.1. The van der Waals surface area contributed by atoms with E-state index in [1.54, 1.807) is 29.3 Å². The van der Waals surface area contributed by atoms with Crippen molar-refractivity contribution >= 4 is 5.91 Å². The first kappa shape index (κ1) is 20.7. The largest absolute Gasteiger partial charge is 0.502 e. The third-order valence-electron chi connectivity index (χ3n) is 5.56. The Bertz CT molecular complexity index is 1340. The summed E-state index contributed by atoms with van der Waals surface area (Å²) in [5.74, 6) is -2.67. The summed E-state index contributed by atoms with van der Waals surface area (Å²) in [6.07, 6.45) is 4.65. The first-order valence-corrected chi connectivity index (χ1v) is 10.1. The van der Waals surface area contributed by atoms with Gasteiger partial charge in [-0.1, -0.05) is 24.3 Å². The first-order chi connectivity index (χ1) is 16.0. The van der Waals surface area contributed by atoms with E-state index in [1.807, 2.05) is 0 Å². The van der Waals surface area contributed by atoms with Crippen LogP contribution in [0.1, 0.15) is 27.8 Å². The lowest BCUT2D eigenvalue weighted by molar-refractivity contribution is 0.0700. The van der Waals surface area contributed by atoms with Crippen molar-refractivity contribution in [2.75, 3.05) is 24.8 Å². The minimum atomic E-state index is -0.930. The van der Waals surface area contributed by atoms with Crippen LogP contribution in [0.5, 0.6) is 11.5 Å². The van der Waals surface area contributed by atoms with Gasteiger partial charge in [0, 0.05) is 24.4 Å². The van der Waals surface area contributed by atoms with Gasteiger partial charge in [0.05, 0.1) is 5.69 Å².